The molecule has 4 N–H and O–H groups in total. The summed E-state index contributed by atoms with van der Waals surface area (Å²) in [5, 5.41) is 16.2. The van der Waals surface area contributed by atoms with E-state index in [2.05, 4.69) is 33.0 Å². The van der Waals surface area contributed by atoms with Crippen molar-refractivity contribution in [1.82, 2.24) is 20.5 Å². The number of nitrogens with zero attached hydrogens (tertiary/aromatic N) is 2. The van der Waals surface area contributed by atoms with Crippen LogP contribution in [-0.2, 0) is 6.18 Å². The molecule has 0 aliphatic carbocycles. The lowest BCUT2D eigenvalue weighted by molar-refractivity contribution is -0.141. The zero-order valence-electron chi connectivity index (χ0n) is 17.6. The quantitative estimate of drug-likeness (QED) is 0.365. The number of aromatic amines is 1. The Labute approximate surface area is 191 Å². The predicted octanol–water partition coefficient (Wildman–Crippen LogP) is 4.74. The number of carbonyl (C=O) groups is 1. The van der Waals surface area contributed by atoms with E-state index in [1.807, 2.05) is 5.10 Å². The SMILES string of the molecule is CCC1CCNC1CNc1c(F)cccc1NC(=O)c1csc(-c2cc(C(F)(F)F)[nH]n2)n1. The fourth-order valence-electron chi connectivity index (χ4n) is 3.83. The molecule has 2 atom stereocenters. The molecule has 3 heterocycles. The van der Waals surface area contributed by atoms with Gasteiger partial charge in [0.05, 0.1) is 11.4 Å². The van der Waals surface area contributed by atoms with Crippen LogP contribution in [0.15, 0.2) is 29.6 Å². The van der Waals surface area contributed by atoms with Crippen LogP contribution in [0.1, 0.15) is 35.9 Å². The van der Waals surface area contributed by atoms with Gasteiger partial charge in [-0.25, -0.2) is 9.37 Å². The molecule has 1 saturated heterocycles. The van der Waals surface area contributed by atoms with Crippen LogP contribution < -0.4 is 16.0 Å². The van der Waals surface area contributed by atoms with Crippen LogP contribution >= 0.6 is 11.3 Å². The van der Waals surface area contributed by atoms with Gasteiger partial charge in [0.15, 0.2) is 0 Å². The molecule has 3 aromatic rings. The number of thiazole rings is 1. The molecule has 1 amide bonds. The molecule has 1 aliphatic heterocycles. The molecule has 176 valence electrons. The predicted molar refractivity (Wildman–Crippen MR) is 118 cm³/mol. The van der Waals surface area contributed by atoms with E-state index in [1.165, 1.54) is 17.5 Å². The Morgan fingerprint density at radius 1 is 1.33 bits per heavy atom. The first kappa shape index (κ1) is 23.2. The lowest BCUT2D eigenvalue weighted by Gasteiger charge is -2.21. The van der Waals surface area contributed by atoms with Gasteiger partial charge in [0, 0.05) is 18.0 Å². The molecule has 4 rings (SSSR count). The molecule has 2 aromatic heterocycles. The van der Waals surface area contributed by atoms with E-state index >= 15 is 0 Å². The molecule has 7 nitrogen and oxygen atoms in total. The normalized spacial score (nSPS) is 18.5. The Bertz CT molecular complexity index is 1130. The molecule has 1 aliphatic rings. The third-order valence-electron chi connectivity index (χ3n) is 5.61. The van der Waals surface area contributed by atoms with Crippen LogP contribution in [-0.4, -0.2) is 40.2 Å². The molecule has 1 fully saturated rings. The first-order chi connectivity index (χ1) is 15.8. The van der Waals surface area contributed by atoms with E-state index in [1.54, 1.807) is 6.07 Å². The summed E-state index contributed by atoms with van der Waals surface area (Å²) in [7, 11) is 0. The number of hydrogen-bond donors (Lipinski definition) is 4. The van der Waals surface area contributed by atoms with E-state index in [0.717, 1.165) is 36.8 Å². The third-order valence-corrected chi connectivity index (χ3v) is 6.48. The molecule has 33 heavy (non-hydrogen) atoms. The van der Waals surface area contributed by atoms with Crippen LogP contribution in [0.3, 0.4) is 0 Å². The van der Waals surface area contributed by atoms with Gasteiger partial charge in [0.25, 0.3) is 5.91 Å². The largest absolute Gasteiger partial charge is 0.432 e. The van der Waals surface area contributed by atoms with E-state index in [9.17, 15) is 22.4 Å². The van der Waals surface area contributed by atoms with Crippen molar-refractivity contribution in [2.75, 3.05) is 23.7 Å². The zero-order valence-corrected chi connectivity index (χ0v) is 18.4. The number of anilines is 2. The molecule has 0 bridgehead atoms. The minimum absolute atomic E-state index is 0.00900. The number of para-hydroxylation sites is 1. The van der Waals surface area contributed by atoms with Crippen LogP contribution in [0.25, 0.3) is 10.7 Å². The summed E-state index contributed by atoms with van der Waals surface area (Å²) in [6.45, 7) is 3.54. The average Bonchev–Trinajstić information content (AvgIpc) is 3.52. The van der Waals surface area contributed by atoms with Gasteiger partial charge in [-0.2, -0.15) is 18.3 Å². The molecular formula is C21H22F4N6OS. The second-order valence-corrected chi connectivity index (χ2v) is 8.58. The molecule has 1 aromatic carbocycles. The highest BCUT2D eigenvalue weighted by Gasteiger charge is 2.33. The molecule has 12 heteroatoms. The Hall–Kier alpha value is -2.99. The lowest BCUT2D eigenvalue weighted by Crippen LogP contribution is -2.34. The summed E-state index contributed by atoms with van der Waals surface area (Å²) < 4.78 is 52.8. The number of hydrogen-bond acceptors (Lipinski definition) is 6. The van der Waals surface area contributed by atoms with Gasteiger partial charge in [0.2, 0.25) is 0 Å². The summed E-state index contributed by atoms with van der Waals surface area (Å²) in [4.78, 5) is 16.8. The van der Waals surface area contributed by atoms with Crippen molar-refractivity contribution in [3.63, 3.8) is 0 Å². The highest BCUT2D eigenvalue weighted by Crippen LogP contribution is 2.32. The second kappa shape index (κ2) is 9.48. The smallest absolute Gasteiger partial charge is 0.379 e. The fraction of sp³-hybridized carbons (Fsp3) is 0.381. The Morgan fingerprint density at radius 3 is 2.88 bits per heavy atom. The van der Waals surface area contributed by atoms with E-state index in [-0.39, 0.29) is 33.8 Å². The number of amides is 1. The van der Waals surface area contributed by atoms with Crippen molar-refractivity contribution in [2.45, 2.75) is 32.0 Å². The lowest BCUT2D eigenvalue weighted by atomic mass is 9.98. The average molecular weight is 483 g/mol. The summed E-state index contributed by atoms with van der Waals surface area (Å²) in [6, 6.07) is 5.38. The maximum absolute atomic E-state index is 14.5. The summed E-state index contributed by atoms with van der Waals surface area (Å²) in [6.07, 6.45) is -2.47. The standard InChI is InChI=1S/C21H22F4N6OS/c1-2-11-6-7-26-15(11)9-27-18-12(22)4-3-5-13(18)28-19(32)16-10-33-20(29-16)14-8-17(31-30-14)21(23,24)25/h3-5,8,10-11,15,26-27H,2,6-7,9H2,1H3,(H,28,32)(H,30,31). The Kier molecular flexibility index (Phi) is 6.66. The van der Waals surface area contributed by atoms with Crippen molar-refractivity contribution in [2.24, 2.45) is 5.92 Å². The zero-order chi connectivity index (χ0) is 23.6. The minimum atomic E-state index is -4.56. The molecule has 0 radical (unpaired) electrons. The van der Waals surface area contributed by atoms with Gasteiger partial charge in [-0.15, -0.1) is 11.3 Å². The first-order valence-corrected chi connectivity index (χ1v) is 11.3. The van der Waals surface area contributed by atoms with Crippen molar-refractivity contribution >= 4 is 28.6 Å². The number of alkyl halides is 3. The molecule has 0 saturated carbocycles. The van der Waals surface area contributed by atoms with Gasteiger partial charge >= 0.3 is 6.18 Å². The number of rotatable bonds is 7. The van der Waals surface area contributed by atoms with Crippen LogP contribution in [0.2, 0.25) is 0 Å². The molecule has 0 spiro atoms. The fourth-order valence-corrected chi connectivity index (χ4v) is 4.59. The number of aromatic nitrogens is 3. The third kappa shape index (κ3) is 5.17. The number of halogens is 4. The van der Waals surface area contributed by atoms with Gasteiger partial charge in [0.1, 0.15) is 27.9 Å². The van der Waals surface area contributed by atoms with Crippen molar-refractivity contribution in [3.8, 4) is 10.7 Å². The van der Waals surface area contributed by atoms with Crippen molar-refractivity contribution in [1.29, 1.82) is 0 Å². The van der Waals surface area contributed by atoms with Crippen LogP contribution in [0.4, 0.5) is 28.9 Å². The molecule has 2 unspecified atom stereocenters. The van der Waals surface area contributed by atoms with Gasteiger partial charge in [-0.1, -0.05) is 19.4 Å². The summed E-state index contributed by atoms with van der Waals surface area (Å²) in [5.41, 5.74) is -0.609. The summed E-state index contributed by atoms with van der Waals surface area (Å²) in [5.74, 6) is -0.618. The maximum atomic E-state index is 14.5. The van der Waals surface area contributed by atoms with Crippen LogP contribution in [0, 0.1) is 11.7 Å². The molecular weight excluding hydrogens is 460 g/mol. The Morgan fingerprint density at radius 2 is 2.15 bits per heavy atom. The van der Waals surface area contributed by atoms with Gasteiger partial charge in [-0.3, -0.25) is 9.89 Å². The van der Waals surface area contributed by atoms with E-state index in [0.29, 0.717) is 12.5 Å². The van der Waals surface area contributed by atoms with E-state index < -0.39 is 23.6 Å². The monoisotopic (exact) mass is 482 g/mol. The van der Waals surface area contributed by atoms with Gasteiger partial charge < -0.3 is 16.0 Å². The number of carbonyl (C=O) groups excluding carboxylic acids is 1. The number of H-pyrrole nitrogens is 1. The van der Waals surface area contributed by atoms with E-state index in [4.69, 9.17) is 0 Å². The van der Waals surface area contributed by atoms with Gasteiger partial charge in [-0.05, 0) is 37.1 Å². The minimum Gasteiger partial charge on any atom is -0.379 e. The Balaban J connectivity index is 1.47. The highest BCUT2D eigenvalue weighted by molar-refractivity contribution is 7.13. The topological polar surface area (TPSA) is 94.7 Å². The second-order valence-electron chi connectivity index (χ2n) is 7.72. The maximum Gasteiger partial charge on any atom is 0.432 e. The van der Waals surface area contributed by atoms with Crippen molar-refractivity contribution in [3.05, 3.63) is 46.9 Å². The number of benzene rings is 1. The first-order valence-electron chi connectivity index (χ1n) is 10.4. The van der Waals surface area contributed by atoms with Crippen molar-refractivity contribution < 1.29 is 22.4 Å². The summed E-state index contributed by atoms with van der Waals surface area (Å²) >= 11 is 0.983. The highest BCUT2D eigenvalue weighted by atomic mass is 32.1. The number of nitrogens with one attached hydrogen (secondary N) is 4. The van der Waals surface area contributed by atoms with Crippen LogP contribution in [0.5, 0.6) is 0 Å².